The molecule has 1 aromatic heterocycles. The molecule has 2 aromatic carbocycles. The van der Waals surface area contributed by atoms with Crippen LogP contribution >= 0.6 is 0 Å². The van der Waals surface area contributed by atoms with Gasteiger partial charge in [0.25, 0.3) is 5.91 Å². The number of esters is 2. The van der Waals surface area contributed by atoms with Crippen molar-refractivity contribution in [2.24, 2.45) is 5.10 Å². The smallest absolute Gasteiger partial charge is 0.338 e. The molecule has 0 radical (unpaired) electrons. The zero-order valence-corrected chi connectivity index (χ0v) is 25.8. The molecule has 236 valence electrons. The van der Waals surface area contributed by atoms with Gasteiger partial charge in [0, 0.05) is 35.3 Å². The number of urea groups is 1. The molecule has 0 spiro atoms. The summed E-state index contributed by atoms with van der Waals surface area (Å²) in [5.41, 5.74) is 7.19. The van der Waals surface area contributed by atoms with Crippen LogP contribution in [0, 0.1) is 13.8 Å². The van der Waals surface area contributed by atoms with Crippen molar-refractivity contribution in [3.05, 3.63) is 82.3 Å². The molecule has 1 aliphatic heterocycles. The first-order valence-corrected chi connectivity index (χ1v) is 14.1. The number of aryl methyl sites for hydroxylation is 1. The van der Waals surface area contributed by atoms with E-state index in [1.165, 1.54) is 14.0 Å². The fourth-order valence-corrected chi connectivity index (χ4v) is 4.90. The van der Waals surface area contributed by atoms with Crippen molar-refractivity contribution >= 4 is 30.1 Å². The van der Waals surface area contributed by atoms with E-state index in [1.54, 1.807) is 50.4 Å². The highest BCUT2D eigenvalue weighted by molar-refractivity contribution is 5.95. The highest BCUT2D eigenvalue weighted by atomic mass is 16.5. The second-order valence-corrected chi connectivity index (χ2v) is 10.0. The number of carbonyl (C=O) groups excluding carboxylic acids is 4. The molecule has 1 atom stereocenters. The van der Waals surface area contributed by atoms with Crippen LogP contribution in [0.25, 0.3) is 5.69 Å². The van der Waals surface area contributed by atoms with Gasteiger partial charge in [0.1, 0.15) is 5.75 Å². The molecule has 1 aliphatic rings. The van der Waals surface area contributed by atoms with E-state index in [2.05, 4.69) is 21.2 Å². The van der Waals surface area contributed by atoms with Crippen LogP contribution < -0.4 is 30.3 Å². The summed E-state index contributed by atoms with van der Waals surface area (Å²) in [4.78, 5) is 48.5. The summed E-state index contributed by atoms with van der Waals surface area (Å²) in [7, 11) is 1.44. The van der Waals surface area contributed by atoms with E-state index in [-0.39, 0.29) is 30.5 Å². The molecule has 3 N–H and O–H groups in total. The summed E-state index contributed by atoms with van der Waals surface area (Å²) >= 11 is 0. The SMILES string of the molecule is CCOC(=O)C1=C(C)NC(=O)N[C@H]1c1ccc(OCC(=O)N/N=C\c2cc(C)n(-c3ccc(OC(C)=O)cc3)c2C)c(OC)c1. The Balaban J connectivity index is 1.40. The number of aromatic nitrogens is 1. The Morgan fingerprint density at radius 1 is 1.04 bits per heavy atom. The molecule has 0 bridgehead atoms. The average Bonchev–Trinajstić information content (AvgIpc) is 3.27. The Kier molecular flexibility index (Phi) is 10.2. The molecule has 0 aliphatic carbocycles. The normalized spacial score (nSPS) is 14.4. The number of benzene rings is 2. The average molecular weight is 618 g/mol. The van der Waals surface area contributed by atoms with Crippen molar-refractivity contribution in [3.63, 3.8) is 0 Å². The van der Waals surface area contributed by atoms with E-state index < -0.39 is 23.9 Å². The second-order valence-electron chi connectivity index (χ2n) is 10.0. The zero-order chi connectivity index (χ0) is 32.7. The van der Waals surface area contributed by atoms with Crippen LogP contribution in [0.15, 0.2) is 64.9 Å². The Bertz CT molecular complexity index is 1670. The number of hydrazone groups is 1. The van der Waals surface area contributed by atoms with Gasteiger partial charge in [-0.1, -0.05) is 6.07 Å². The zero-order valence-electron chi connectivity index (χ0n) is 25.8. The molecule has 0 unspecified atom stereocenters. The molecule has 45 heavy (non-hydrogen) atoms. The maximum absolute atomic E-state index is 12.6. The number of amides is 3. The summed E-state index contributed by atoms with van der Waals surface area (Å²) in [6.07, 6.45) is 1.54. The van der Waals surface area contributed by atoms with Gasteiger partial charge in [0.2, 0.25) is 0 Å². The minimum absolute atomic E-state index is 0.180. The molecular formula is C32H35N5O8. The van der Waals surface area contributed by atoms with Gasteiger partial charge < -0.3 is 34.1 Å². The van der Waals surface area contributed by atoms with Crippen LogP contribution in [0.2, 0.25) is 0 Å². The number of carbonyl (C=O) groups is 4. The van der Waals surface area contributed by atoms with Gasteiger partial charge in [-0.3, -0.25) is 9.59 Å². The molecular weight excluding hydrogens is 582 g/mol. The first-order valence-electron chi connectivity index (χ1n) is 14.1. The van der Waals surface area contributed by atoms with Gasteiger partial charge in [-0.2, -0.15) is 5.10 Å². The number of nitrogens with zero attached hydrogens (tertiary/aromatic N) is 2. The van der Waals surface area contributed by atoms with Crippen molar-refractivity contribution in [2.75, 3.05) is 20.3 Å². The summed E-state index contributed by atoms with van der Waals surface area (Å²) in [6.45, 7) is 8.38. The van der Waals surface area contributed by atoms with Crippen LogP contribution in [0.1, 0.15) is 49.3 Å². The fraction of sp³-hybridized carbons (Fsp3) is 0.281. The highest BCUT2D eigenvalue weighted by Gasteiger charge is 2.32. The number of methoxy groups -OCH3 is 1. The van der Waals surface area contributed by atoms with Gasteiger partial charge in [0.15, 0.2) is 18.1 Å². The third-order valence-electron chi connectivity index (χ3n) is 6.86. The summed E-state index contributed by atoms with van der Waals surface area (Å²) in [5, 5.41) is 9.41. The number of nitrogens with one attached hydrogen (secondary N) is 3. The summed E-state index contributed by atoms with van der Waals surface area (Å²) in [6, 6.07) is 12.7. The van der Waals surface area contributed by atoms with Crippen molar-refractivity contribution in [1.29, 1.82) is 0 Å². The molecule has 2 heterocycles. The summed E-state index contributed by atoms with van der Waals surface area (Å²) < 4.78 is 23.4. The third-order valence-corrected chi connectivity index (χ3v) is 6.86. The summed E-state index contributed by atoms with van der Waals surface area (Å²) in [5.74, 6) is -0.406. The van der Waals surface area contributed by atoms with Crippen LogP contribution in [0.5, 0.6) is 17.2 Å². The van der Waals surface area contributed by atoms with Crippen molar-refractivity contribution in [1.82, 2.24) is 20.6 Å². The fourth-order valence-electron chi connectivity index (χ4n) is 4.90. The number of allylic oxidation sites excluding steroid dienone is 1. The Hall–Kier alpha value is -5.59. The molecule has 3 aromatic rings. The molecule has 13 heteroatoms. The number of ether oxygens (including phenoxy) is 4. The van der Waals surface area contributed by atoms with Gasteiger partial charge in [0.05, 0.1) is 31.5 Å². The van der Waals surface area contributed by atoms with Gasteiger partial charge in [-0.25, -0.2) is 15.0 Å². The molecule has 0 saturated heterocycles. The first kappa shape index (κ1) is 32.3. The lowest BCUT2D eigenvalue weighted by atomic mass is 9.95. The maximum atomic E-state index is 12.6. The van der Waals surface area contributed by atoms with Crippen molar-refractivity contribution in [2.45, 2.75) is 40.7 Å². The largest absolute Gasteiger partial charge is 0.493 e. The predicted octanol–water partition coefficient (Wildman–Crippen LogP) is 3.75. The molecule has 3 amide bonds. The standard InChI is InChI=1S/C32H35N5O8/c1-7-43-31(40)29-19(3)34-32(41)35-30(29)22-8-13-26(27(15-22)42-6)44-17-28(39)36-33-16-23-14-18(2)37(20(23)4)24-9-11-25(12-10-24)45-21(5)38/h8-16,30H,7,17H2,1-6H3,(H,36,39)(H2,34,35,41)/b33-16-/t30-/m0/s1. The van der Waals surface area contributed by atoms with Crippen LogP contribution in [0.3, 0.4) is 0 Å². The minimum Gasteiger partial charge on any atom is -0.493 e. The quantitative estimate of drug-likeness (QED) is 0.127. The second kappa shape index (κ2) is 14.3. The molecule has 4 rings (SSSR count). The predicted molar refractivity (Wildman–Crippen MR) is 165 cm³/mol. The molecule has 0 saturated carbocycles. The lowest BCUT2D eigenvalue weighted by Gasteiger charge is -2.28. The monoisotopic (exact) mass is 617 g/mol. The van der Waals surface area contributed by atoms with Crippen molar-refractivity contribution in [3.8, 4) is 22.9 Å². The molecule has 0 fully saturated rings. The Morgan fingerprint density at radius 3 is 2.44 bits per heavy atom. The van der Waals surface area contributed by atoms with E-state index in [9.17, 15) is 19.2 Å². The topological polar surface area (TPSA) is 159 Å². The Labute approximate surface area is 260 Å². The van der Waals surface area contributed by atoms with Crippen LogP contribution in [-0.2, 0) is 19.1 Å². The number of hydrogen-bond acceptors (Lipinski definition) is 9. The van der Waals surface area contributed by atoms with Gasteiger partial charge in [-0.05, 0) is 75.7 Å². The minimum atomic E-state index is -0.777. The molecule has 13 nitrogen and oxygen atoms in total. The number of rotatable bonds is 11. The lowest BCUT2D eigenvalue weighted by Crippen LogP contribution is -2.45. The van der Waals surface area contributed by atoms with E-state index in [4.69, 9.17) is 18.9 Å². The third kappa shape index (κ3) is 7.68. The van der Waals surface area contributed by atoms with Crippen LogP contribution in [0.4, 0.5) is 4.79 Å². The lowest BCUT2D eigenvalue weighted by molar-refractivity contribution is -0.139. The van der Waals surface area contributed by atoms with Gasteiger partial charge >= 0.3 is 18.0 Å². The van der Waals surface area contributed by atoms with Gasteiger partial charge in [-0.15, -0.1) is 0 Å². The van der Waals surface area contributed by atoms with Crippen LogP contribution in [-0.4, -0.2) is 55.0 Å². The first-order chi connectivity index (χ1) is 21.5. The van der Waals surface area contributed by atoms with E-state index >= 15 is 0 Å². The van der Waals surface area contributed by atoms with E-state index in [0.29, 0.717) is 22.8 Å². The Morgan fingerprint density at radius 2 is 1.78 bits per heavy atom. The highest BCUT2D eigenvalue weighted by Crippen LogP contribution is 2.34. The van der Waals surface area contributed by atoms with E-state index in [0.717, 1.165) is 22.6 Å². The maximum Gasteiger partial charge on any atom is 0.338 e. The van der Waals surface area contributed by atoms with E-state index in [1.807, 2.05) is 36.6 Å². The van der Waals surface area contributed by atoms with Crippen molar-refractivity contribution < 1.29 is 38.1 Å². The number of hydrogen-bond donors (Lipinski definition) is 3.